The number of thiol groups is 1. The summed E-state index contributed by atoms with van der Waals surface area (Å²) in [4.78, 5) is 0. The van der Waals surface area contributed by atoms with Gasteiger partial charge in [-0.05, 0) is 12.2 Å². The Morgan fingerprint density at radius 3 is 0.178 bits per heavy atom. The third-order valence-electron chi connectivity index (χ3n) is 24.5. The fourth-order valence-corrected chi connectivity index (χ4v) is 17.4. The Hall–Kier alpha value is 0.350. The van der Waals surface area contributed by atoms with E-state index in [2.05, 4.69) is 19.6 Å². The molecule has 0 aromatic heterocycles. The van der Waals surface area contributed by atoms with Crippen molar-refractivity contribution in [2.75, 3.05) is 5.75 Å². The van der Waals surface area contributed by atoms with Gasteiger partial charge in [0.05, 0.1) is 0 Å². The van der Waals surface area contributed by atoms with E-state index in [1.165, 1.54) is 629 Å². The largest absolute Gasteiger partial charge is 0.179 e. The van der Waals surface area contributed by atoms with Crippen LogP contribution >= 0.6 is 12.6 Å². The summed E-state index contributed by atoms with van der Waals surface area (Å²) in [5, 5.41) is 0. The summed E-state index contributed by atoms with van der Waals surface area (Å²) in [5.74, 6) is 1.07. The molecule has 0 fully saturated rings. The minimum atomic E-state index is 1.07. The Balaban J connectivity index is 3.09. The molecule has 0 aliphatic carbocycles. The summed E-state index contributed by atoms with van der Waals surface area (Å²) in [6, 6.07) is 0. The second kappa shape index (κ2) is 100. The van der Waals surface area contributed by atoms with Gasteiger partial charge in [-0.25, -0.2) is 0 Å². The third-order valence-corrected chi connectivity index (χ3v) is 24.8. The van der Waals surface area contributed by atoms with E-state index >= 15 is 0 Å². The van der Waals surface area contributed by atoms with E-state index in [0.29, 0.717) is 0 Å². The van der Waals surface area contributed by atoms with Gasteiger partial charge in [0, 0.05) is 0 Å². The van der Waals surface area contributed by atoms with Crippen molar-refractivity contribution in [3.8, 4) is 0 Å². The van der Waals surface area contributed by atoms with E-state index < -0.39 is 0 Å². The molecule has 0 aliphatic rings. The predicted octanol–water partition coefficient (Wildman–Crippen LogP) is 39.2. The lowest BCUT2D eigenvalue weighted by Crippen LogP contribution is -1.85. The lowest BCUT2D eigenvalue weighted by molar-refractivity contribution is 0.505. The van der Waals surface area contributed by atoms with Crippen molar-refractivity contribution in [1.29, 1.82) is 0 Å². The van der Waals surface area contributed by atoms with Crippen LogP contribution in [0.5, 0.6) is 0 Å². The first-order valence-corrected chi connectivity index (χ1v) is 50.7. The monoisotopic (exact) mass is 1440 g/mol. The molecule has 0 saturated carbocycles. The van der Waals surface area contributed by atoms with Crippen LogP contribution in [0.2, 0.25) is 0 Å². The Morgan fingerprint density at radius 2 is 0.129 bits per heavy atom. The summed E-state index contributed by atoms with van der Waals surface area (Å²) in [6.45, 7) is 2.32. The van der Waals surface area contributed by atoms with Gasteiger partial charge in [-0.15, -0.1) is 0 Å². The maximum absolute atomic E-state index is 4.32. The summed E-state index contributed by atoms with van der Waals surface area (Å²) in [5.41, 5.74) is 0. The van der Waals surface area contributed by atoms with E-state index in [1.54, 1.807) is 0 Å². The zero-order valence-electron chi connectivity index (χ0n) is 71.5. The normalized spacial score (nSPS) is 11.8. The molecule has 101 heavy (non-hydrogen) atoms. The van der Waals surface area contributed by atoms with Crippen molar-refractivity contribution < 1.29 is 0 Å². The highest BCUT2D eigenvalue weighted by Crippen LogP contribution is 2.24. The molecule has 1 heteroatoms. The Morgan fingerprint density at radius 1 is 0.0792 bits per heavy atom. The SMILES string of the molecule is CCCCCCCCCCCCCCCCCCCCCCCCCCCCCCCCCCCCCCCCCCCCCCCCCCCCCCCCCCCCCCCCCCCCCCCCCCCCCCCCCCCCCCCCCCCCCCCCCCCCS. The predicted molar refractivity (Wildman–Crippen MR) is 472 cm³/mol. The average Bonchev–Trinajstić information content (AvgIpc) is 3.68. The molecule has 0 aromatic rings. The Bertz CT molecular complexity index is 1220. The molecule has 0 heterocycles. The first kappa shape index (κ1) is 101. The van der Waals surface area contributed by atoms with Crippen molar-refractivity contribution in [2.45, 2.75) is 636 Å². The molecule has 0 saturated heterocycles. The van der Waals surface area contributed by atoms with Crippen LogP contribution in [0, 0.1) is 0 Å². The van der Waals surface area contributed by atoms with Gasteiger partial charge in [0.15, 0.2) is 0 Å². The van der Waals surface area contributed by atoms with Gasteiger partial charge in [-0.3, -0.25) is 0 Å². The van der Waals surface area contributed by atoms with E-state index in [0.717, 1.165) is 5.75 Å². The second-order valence-electron chi connectivity index (χ2n) is 35.0. The highest BCUT2D eigenvalue weighted by molar-refractivity contribution is 7.80. The zero-order valence-corrected chi connectivity index (χ0v) is 72.3. The number of unbranched alkanes of at least 4 members (excludes halogenated alkanes) is 97. The van der Waals surface area contributed by atoms with Gasteiger partial charge in [-0.1, -0.05) is 630 Å². The maximum Gasteiger partial charge on any atom is -0.00979 e. The van der Waals surface area contributed by atoms with Crippen LogP contribution in [0.4, 0.5) is 0 Å². The van der Waals surface area contributed by atoms with Gasteiger partial charge in [0.25, 0.3) is 0 Å². The molecular formula is C100H202S. The topological polar surface area (TPSA) is 0 Å². The van der Waals surface area contributed by atoms with Crippen LogP contribution in [-0.4, -0.2) is 5.75 Å². The third kappa shape index (κ3) is 100. The first-order valence-electron chi connectivity index (χ1n) is 50.0. The van der Waals surface area contributed by atoms with Crippen molar-refractivity contribution >= 4 is 12.6 Å². The highest BCUT2D eigenvalue weighted by atomic mass is 32.1. The fourth-order valence-electron chi connectivity index (χ4n) is 17.2. The smallest absolute Gasteiger partial charge is 0.00979 e. The van der Waals surface area contributed by atoms with E-state index in [1.807, 2.05) is 0 Å². The molecule has 0 spiro atoms. The van der Waals surface area contributed by atoms with Crippen molar-refractivity contribution in [1.82, 2.24) is 0 Å². The van der Waals surface area contributed by atoms with Crippen molar-refractivity contribution in [2.24, 2.45) is 0 Å². The lowest BCUT2D eigenvalue weighted by atomic mass is 10.0. The molecule has 0 bridgehead atoms. The lowest BCUT2D eigenvalue weighted by Gasteiger charge is -2.05. The average molecular weight is 1440 g/mol. The molecular weight excluding hydrogens is 1230 g/mol. The van der Waals surface area contributed by atoms with Gasteiger partial charge < -0.3 is 0 Å². The number of hydrogen-bond acceptors (Lipinski definition) is 1. The number of rotatable bonds is 98. The van der Waals surface area contributed by atoms with Crippen LogP contribution in [0.1, 0.15) is 636 Å². The molecule has 608 valence electrons. The van der Waals surface area contributed by atoms with Gasteiger partial charge >= 0.3 is 0 Å². The van der Waals surface area contributed by atoms with Crippen molar-refractivity contribution in [3.05, 3.63) is 0 Å². The van der Waals surface area contributed by atoms with Gasteiger partial charge in [-0.2, -0.15) is 12.6 Å². The van der Waals surface area contributed by atoms with E-state index in [4.69, 9.17) is 0 Å². The van der Waals surface area contributed by atoms with Gasteiger partial charge in [0.2, 0.25) is 0 Å². The van der Waals surface area contributed by atoms with E-state index in [9.17, 15) is 0 Å². The molecule has 0 aliphatic heterocycles. The van der Waals surface area contributed by atoms with Crippen LogP contribution in [0.15, 0.2) is 0 Å². The van der Waals surface area contributed by atoms with Gasteiger partial charge in [0.1, 0.15) is 0 Å². The zero-order chi connectivity index (χ0) is 72.0. The molecule has 0 atom stereocenters. The number of hydrogen-bond donors (Lipinski definition) is 1. The summed E-state index contributed by atoms with van der Waals surface area (Å²) in [7, 11) is 0. The minimum absolute atomic E-state index is 1.07. The first-order chi connectivity index (χ1) is 50.4. The Labute approximate surface area is 650 Å². The quantitative estimate of drug-likeness (QED) is 0.0455. The standard InChI is InChI=1S/C100H202S/c1-2-3-4-5-6-7-8-9-10-11-12-13-14-15-16-17-18-19-20-21-22-23-24-25-26-27-28-29-30-31-32-33-34-35-36-37-38-39-40-41-42-43-44-45-46-47-48-49-50-51-52-53-54-55-56-57-58-59-60-61-62-63-64-65-66-67-68-69-70-71-72-73-74-75-76-77-78-79-80-81-82-83-84-85-86-87-88-89-90-91-92-93-94-95-96-97-98-99-100-101/h101H,2-100H2,1H3. The molecule has 0 amide bonds. The van der Waals surface area contributed by atoms with Crippen LogP contribution in [0.25, 0.3) is 0 Å². The highest BCUT2D eigenvalue weighted by Gasteiger charge is 2.04. The molecule has 0 nitrogen and oxygen atoms in total. The van der Waals surface area contributed by atoms with Crippen LogP contribution in [-0.2, 0) is 0 Å². The fraction of sp³-hybridized carbons (Fsp3) is 1.00. The summed E-state index contributed by atoms with van der Waals surface area (Å²) >= 11 is 4.32. The summed E-state index contributed by atoms with van der Waals surface area (Å²) < 4.78 is 0. The van der Waals surface area contributed by atoms with Crippen molar-refractivity contribution in [3.63, 3.8) is 0 Å². The second-order valence-corrected chi connectivity index (χ2v) is 35.5. The maximum atomic E-state index is 4.32. The molecule has 0 aromatic carbocycles. The minimum Gasteiger partial charge on any atom is -0.179 e. The molecule has 0 N–H and O–H groups in total. The Kier molecular flexibility index (Phi) is 101. The molecule has 0 unspecified atom stereocenters. The van der Waals surface area contributed by atoms with Crippen LogP contribution < -0.4 is 0 Å². The molecule has 0 rings (SSSR count). The summed E-state index contributed by atoms with van der Waals surface area (Å²) in [6.07, 6.45) is 146. The van der Waals surface area contributed by atoms with Crippen LogP contribution in [0.3, 0.4) is 0 Å². The van der Waals surface area contributed by atoms with E-state index in [-0.39, 0.29) is 0 Å². The molecule has 0 radical (unpaired) electrons.